The Labute approximate surface area is 94.6 Å². The van der Waals surface area contributed by atoms with Crippen LogP contribution in [0.15, 0.2) is 18.2 Å². The molecular weight excluding hydrogens is 216 g/mol. The number of methoxy groups -OCH3 is 1. The van der Waals surface area contributed by atoms with Crippen molar-refractivity contribution in [3.8, 4) is 5.75 Å². The smallest absolute Gasteiger partial charge is 0.126 e. The van der Waals surface area contributed by atoms with Gasteiger partial charge in [0, 0.05) is 17.7 Å². The zero-order chi connectivity index (χ0) is 11.3. The zero-order valence-corrected chi connectivity index (χ0v) is 9.62. The summed E-state index contributed by atoms with van der Waals surface area (Å²) in [6.07, 6.45) is -0.0706. The lowest BCUT2D eigenvalue weighted by atomic mass is 10.2. The summed E-state index contributed by atoms with van der Waals surface area (Å²) < 4.78 is 10.5. The number of benzene rings is 1. The lowest BCUT2D eigenvalue weighted by Gasteiger charge is -2.16. The van der Waals surface area contributed by atoms with Gasteiger partial charge in [0.25, 0.3) is 0 Å². The van der Waals surface area contributed by atoms with Crippen molar-refractivity contribution in [1.82, 2.24) is 0 Å². The maximum atomic E-state index is 9.15. The van der Waals surface area contributed by atoms with Gasteiger partial charge in [0.15, 0.2) is 0 Å². The van der Waals surface area contributed by atoms with E-state index in [2.05, 4.69) is 0 Å². The first kappa shape index (κ1) is 12.3. The van der Waals surface area contributed by atoms with E-state index in [4.69, 9.17) is 26.2 Å². The molecule has 1 aromatic rings. The topological polar surface area (TPSA) is 38.7 Å². The molecule has 0 amide bonds. The first-order valence-corrected chi connectivity index (χ1v) is 5.10. The van der Waals surface area contributed by atoms with Crippen LogP contribution in [0.1, 0.15) is 12.5 Å². The third-order valence-electron chi connectivity index (χ3n) is 1.96. The van der Waals surface area contributed by atoms with Gasteiger partial charge in [-0.3, -0.25) is 0 Å². The molecule has 15 heavy (non-hydrogen) atoms. The van der Waals surface area contributed by atoms with E-state index in [-0.39, 0.29) is 12.7 Å². The van der Waals surface area contributed by atoms with E-state index in [1.165, 1.54) is 0 Å². The summed E-state index contributed by atoms with van der Waals surface area (Å²) in [4.78, 5) is 0. The molecule has 0 fully saturated rings. The standard InChI is InChI=1S/C11H15ClO3/c1-8(7-14-2)15-11-5-3-4-10(12)9(11)6-13/h3-5,8,13H,6-7H2,1-2H3. The van der Waals surface area contributed by atoms with E-state index in [0.717, 1.165) is 0 Å². The SMILES string of the molecule is COCC(C)Oc1cccc(Cl)c1CO. The molecule has 3 nitrogen and oxygen atoms in total. The Morgan fingerprint density at radius 3 is 2.80 bits per heavy atom. The first-order chi connectivity index (χ1) is 7.19. The largest absolute Gasteiger partial charge is 0.488 e. The van der Waals surface area contributed by atoms with Gasteiger partial charge in [0.2, 0.25) is 0 Å². The maximum absolute atomic E-state index is 9.15. The van der Waals surface area contributed by atoms with Gasteiger partial charge in [0.1, 0.15) is 11.9 Å². The average molecular weight is 231 g/mol. The summed E-state index contributed by atoms with van der Waals surface area (Å²) in [5.74, 6) is 0.606. The minimum atomic E-state index is -0.130. The van der Waals surface area contributed by atoms with Gasteiger partial charge in [0.05, 0.1) is 13.2 Å². The molecule has 1 N–H and O–H groups in total. The Morgan fingerprint density at radius 2 is 2.20 bits per heavy atom. The fourth-order valence-electron chi connectivity index (χ4n) is 1.29. The van der Waals surface area contributed by atoms with Crippen molar-refractivity contribution < 1.29 is 14.6 Å². The number of hydrogen-bond donors (Lipinski definition) is 1. The molecule has 1 unspecified atom stereocenters. The van der Waals surface area contributed by atoms with Gasteiger partial charge in [-0.1, -0.05) is 17.7 Å². The van der Waals surface area contributed by atoms with Gasteiger partial charge < -0.3 is 14.6 Å². The van der Waals surface area contributed by atoms with Gasteiger partial charge in [-0.25, -0.2) is 0 Å². The summed E-state index contributed by atoms with van der Waals surface area (Å²) >= 11 is 5.92. The van der Waals surface area contributed by atoms with E-state index in [1.807, 2.05) is 6.92 Å². The monoisotopic (exact) mass is 230 g/mol. The minimum Gasteiger partial charge on any atom is -0.488 e. The van der Waals surface area contributed by atoms with Crippen LogP contribution >= 0.6 is 11.6 Å². The average Bonchev–Trinajstić information content (AvgIpc) is 2.18. The second kappa shape index (κ2) is 5.95. The normalized spacial score (nSPS) is 12.5. The van der Waals surface area contributed by atoms with Crippen LogP contribution in [0.4, 0.5) is 0 Å². The van der Waals surface area contributed by atoms with E-state index in [1.54, 1.807) is 25.3 Å². The lowest BCUT2D eigenvalue weighted by Crippen LogP contribution is -2.18. The minimum absolute atomic E-state index is 0.0706. The molecule has 1 aromatic carbocycles. The molecule has 1 atom stereocenters. The van der Waals surface area contributed by atoms with Crippen molar-refractivity contribution in [3.63, 3.8) is 0 Å². The zero-order valence-electron chi connectivity index (χ0n) is 8.87. The second-order valence-electron chi connectivity index (χ2n) is 3.26. The molecule has 0 radical (unpaired) electrons. The van der Waals surface area contributed by atoms with Gasteiger partial charge >= 0.3 is 0 Å². The molecule has 0 aliphatic carbocycles. The van der Waals surface area contributed by atoms with Crippen LogP contribution in [0.25, 0.3) is 0 Å². The van der Waals surface area contributed by atoms with Gasteiger partial charge in [-0.2, -0.15) is 0 Å². The Bertz CT molecular complexity index is 315. The van der Waals surface area contributed by atoms with Crippen LogP contribution in [0.5, 0.6) is 5.75 Å². The molecule has 0 aromatic heterocycles. The number of ether oxygens (including phenoxy) is 2. The van der Waals surface area contributed by atoms with Gasteiger partial charge in [-0.05, 0) is 19.1 Å². The summed E-state index contributed by atoms with van der Waals surface area (Å²) in [5, 5.41) is 9.66. The molecule has 0 saturated heterocycles. The maximum Gasteiger partial charge on any atom is 0.126 e. The quantitative estimate of drug-likeness (QED) is 0.843. The molecular formula is C11H15ClO3. The highest BCUT2D eigenvalue weighted by atomic mass is 35.5. The van der Waals surface area contributed by atoms with Crippen LogP contribution in [-0.2, 0) is 11.3 Å². The van der Waals surface area contributed by atoms with E-state index in [9.17, 15) is 0 Å². The van der Waals surface area contributed by atoms with Crippen LogP contribution in [0.2, 0.25) is 5.02 Å². The first-order valence-electron chi connectivity index (χ1n) is 4.73. The fraction of sp³-hybridized carbons (Fsp3) is 0.455. The number of aliphatic hydroxyl groups is 1. The van der Waals surface area contributed by atoms with Crippen molar-refractivity contribution in [3.05, 3.63) is 28.8 Å². The lowest BCUT2D eigenvalue weighted by molar-refractivity contribution is 0.0903. The second-order valence-corrected chi connectivity index (χ2v) is 3.67. The van der Waals surface area contributed by atoms with E-state index >= 15 is 0 Å². The Morgan fingerprint density at radius 1 is 1.47 bits per heavy atom. The molecule has 0 saturated carbocycles. The van der Waals surface area contributed by atoms with Gasteiger partial charge in [-0.15, -0.1) is 0 Å². The number of aliphatic hydroxyl groups excluding tert-OH is 1. The fourth-order valence-corrected chi connectivity index (χ4v) is 1.51. The molecule has 0 aliphatic heterocycles. The van der Waals surface area contributed by atoms with Crippen LogP contribution in [0.3, 0.4) is 0 Å². The highest BCUT2D eigenvalue weighted by molar-refractivity contribution is 6.31. The predicted octanol–water partition coefficient (Wildman–Crippen LogP) is 2.25. The highest BCUT2D eigenvalue weighted by Crippen LogP contribution is 2.27. The molecule has 0 heterocycles. The molecule has 0 spiro atoms. The number of rotatable bonds is 5. The van der Waals surface area contributed by atoms with E-state index < -0.39 is 0 Å². The Kier molecular flexibility index (Phi) is 4.88. The van der Waals surface area contributed by atoms with Crippen molar-refractivity contribution in [1.29, 1.82) is 0 Å². The van der Waals surface area contributed by atoms with Crippen LogP contribution in [-0.4, -0.2) is 24.9 Å². The summed E-state index contributed by atoms with van der Waals surface area (Å²) in [6.45, 7) is 2.26. The Balaban J connectivity index is 2.80. The van der Waals surface area contributed by atoms with Crippen molar-refractivity contribution in [2.24, 2.45) is 0 Å². The summed E-state index contributed by atoms with van der Waals surface area (Å²) in [6, 6.07) is 5.29. The number of halogens is 1. The molecule has 1 rings (SSSR count). The predicted molar refractivity (Wildman–Crippen MR) is 59.3 cm³/mol. The van der Waals surface area contributed by atoms with Crippen LogP contribution in [0, 0.1) is 0 Å². The highest BCUT2D eigenvalue weighted by Gasteiger charge is 2.10. The van der Waals surface area contributed by atoms with Crippen molar-refractivity contribution in [2.75, 3.05) is 13.7 Å². The summed E-state index contributed by atoms with van der Waals surface area (Å²) in [5.41, 5.74) is 0.613. The summed E-state index contributed by atoms with van der Waals surface area (Å²) in [7, 11) is 1.62. The molecule has 0 aliphatic rings. The third kappa shape index (κ3) is 3.38. The number of hydrogen-bond acceptors (Lipinski definition) is 3. The Hall–Kier alpha value is -0.770. The molecule has 4 heteroatoms. The van der Waals surface area contributed by atoms with Crippen molar-refractivity contribution in [2.45, 2.75) is 19.6 Å². The molecule has 84 valence electrons. The molecule has 0 bridgehead atoms. The van der Waals surface area contributed by atoms with Crippen molar-refractivity contribution >= 4 is 11.6 Å². The third-order valence-corrected chi connectivity index (χ3v) is 2.32. The van der Waals surface area contributed by atoms with Crippen LogP contribution < -0.4 is 4.74 Å². The van der Waals surface area contributed by atoms with E-state index in [0.29, 0.717) is 22.9 Å².